The van der Waals surface area contributed by atoms with Gasteiger partial charge in [-0.2, -0.15) is 0 Å². The lowest BCUT2D eigenvalue weighted by Gasteiger charge is -2.12. The molecule has 0 saturated heterocycles. The van der Waals surface area contributed by atoms with Crippen LogP contribution in [0.3, 0.4) is 0 Å². The Morgan fingerprint density at radius 1 is 0.781 bits per heavy atom. The minimum absolute atomic E-state index is 0.416. The standard InChI is InChI=1S/C26H22O6/c1-28-23-14-17(15-24(29-2)25(23)30-3)13-19-16-22(32-26(19)27)18-9-11-21(12-10-18)31-20-7-5-4-6-8-20/h4-16H,1-3H3/b19-13+. The van der Waals surface area contributed by atoms with Crippen molar-refractivity contribution >= 4 is 17.8 Å². The number of carbonyl (C=O) groups excluding carboxylic acids is 1. The first-order chi connectivity index (χ1) is 15.6. The van der Waals surface area contributed by atoms with Crippen LogP contribution in [0.2, 0.25) is 0 Å². The fourth-order valence-electron chi connectivity index (χ4n) is 3.31. The molecule has 6 heteroatoms. The van der Waals surface area contributed by atoms with Crippen molar-refractivity contribution in [1.82, 2.24) is 0 Å². The molecule has 0 aliphatic carbocycles. The molecular weight excluding hydrogens is 408 g/mol. The van der Waals surface area contributed by atoms with Crippen molar-refractivity contribution in [3.05, 3.63) is 89.5 Å². The first kappa shape index (κ1) is 21.1. The van der Waals surface area contributed by atoms with Crippen molar-refractivity contribution in [1.29, 1.82) is 0 Å². The highest BCUT2D eigenvalue weighted by Gasteiger charge is 2.23. The molecule has 6 nitrogen and oxygen atoms in total. The zero-order chi connectivity index (χ0) is 22.5. The molecule has 0 unspecified atom stereocenters. The molecular formula is C26H22O6. The second kappa shape index (κ2) is 9.31. The van der Waals surface area contributed by atoms with Gasteiger partial charge in [0.25, 0.3) is 0 Å². The Morgan fingerprint density at radius 3 is 2.00 bits per heavy atom. The maximum Gasteiger partial charge on any atom is 0.343 e. The second-order valence-corrected chi connectivity index (χ2v) is 6.90. The van der Waals surface area contributed by atoms with Crippen LogP contribution < -0.4 is 18.9 Å². The number of ether oxygens (including phenoxy) is 5. The minimum Gasteiger partial charge on any atom is -0.493 e. The number of benzene rings is 3. The molecule has 162 valence electrons. The van der Waals surface area contributed by atoms with Crippen LogP contribution in [-0.4, -0.2) is 27.3 Å². The van der Waals surface area contributed by atoms with Gasteiger partial charge in [-0.1, -0.05) is 18.2 Å². The van der Waals surface area contributed by atoms with E-state index >= 15 is 0 Å². The highest BCUT2D eigenvalue weighted by Crippen LogP contribution is 2.39. The number of hydrogen-bond donors (Lipinski definition) is 0. The first-order valence-electron chi connectivity index (χ1n) is 9.90. The van der Waals surface area contributed by atoms with E-state index in [9.17, 15) is 4.79 Å². The summed E-state index contributed by atoms with van der Waals surface area (Å²) in [4.78, 5) is 12.4. The molecule has 0 spiro atoms. The van der Waals surface area contributed by atoms with E-state index in [-0.39, 0.29) is 0 Å². The van der Waals surface area contributed by atoms with E-state index in [1.165, 1.54) is 7.11 Å². The van der Waals surface area contributed by atoms with Crippen molar-refractivity contribution in [2.75, 3.05) is 21.3 Å². The SMILES string of the molecule is COc1cc(/C=C2\C=C(c3ccc(Oc4ccccc4)cc3)OC2=O)cc(OC)c1OC. The zero-order valence-corrected chi connectivity index (χ0v) is 18.0. The normalized spacial score (nSPS) is 14.0. The summed E-state index contributed by atoms with van der Waals surface area (Å²) < 4.78 is 27.4. The third kappa shape index (κ3) is 4.44. The van der Waals surface area contributed by atoms with Crippen molar-refractivity contribution in [3.8, 4) is 28.7 Å². The number of carbonyl (C=O) groups is 1. The van der Waals surface area contributed by atoms with Gasteiger partial charge in [0.05, 0.1) is 26.9 Å². The maximum absolute atomic E-state index is 12.4. The molecule has 32 heavy (non-hydrogen) atoms. The van der Waals surface area contributed by atoms with E-state index in [4.69, 9.17) is 23.7 Å². The molecule has 0 atom stereocenters. The summed E-state index contributed by atoms with van der Waals surface area (Å²) in [7, 11) is 4.63. The van der Waals surface area contributed by atoms with Crippen LogP contribution in [0.1, 0.15) is 11.1 Å². The molecule has 4 rings (SSSR count). The van der Waals surface area contributed by atoms with Gasteiger partial charge in [0, 0.05) is 5.56 Å². The van der Waals surface area contributed by atoms with Gasteiger partial charge >= 0.3 is 5.97 Å². The quantitative estimate of drug-likeness (QED) is 0.365. The lowest BCUT2D eigenvalue weighted by molar-refractivity contribution is -0.130. The lowest BCUT2D eigenvalue weighted by Crippen LogP contribution is -1.98. The molecule has 1 heterocycles. The number of rotatable bonds is 7. The molecule has 0 fully saturated rings. The molecule has 1 aliphatic rings. The third-order valence-electron chi connectivity index (χ3n) is 4.85. The molecule has 3 aromatic carbocycles. The van der Waals surface area contributed by atoms with Gasteiger partial charge < -0.3 is 23.7 Å². The minimum atomic E-state index is -0.432. The molecule has 0 aromatic heterocycles. The summed E-state index contributed by atoms with van der Waals surface area (Å²) in [6.07, 6.45) is 3.42. The van der Waals surface area contributed by atoms with Gasteiger partial charge in [-0.3, -0.25) is 0 Å². The predicted molar refractivity (Wildman–Crippen MR) is 121 cm³/mol. The number of esters is 1. The predicted octanol–water partition coefficient (Wildman–Crippen LogP) is 5.49. The third-order valence-corrected chi connectivity index (χ3v) is 4.85. The molecule has 1 aliphatic heterocycles. The molecule has 0 radical (unpaired) electrons. The van der Waals surface area contributed by atoms with Gasteiger partial charge in [-0.25, -0.2) is 4.79 Å². The zero-order valence-electron chi connectivity index (χ0n) is 18.0. The summed E-state index contributed by atoms with van der Waals surface area (Å²) in [5, 5.41) is 0. The van der Waals surface area contributed by atoms with Gasteiger partial charge in [0.15, 0.2) is 11.5 Å². The van der Waals surface area contributed by atoms with Gasteiger partial charge in [0.1, 0.15) is 17.3 Å². The Morgan fingerprint density at radius 2 is 1.41 bits per heavy atom. The van der Waals surface area contributed by atoms with Crippen LogP contribution in [0.15, 0.2) is 78.4 Å². The van der Waals surface area contributed by atoms with Crippen molar-refractivity contribution in [2.24, 2.45) is 0 Å². The van der Waals surface area contributed by atoms with E-state index in [1.807, 2.05) is 54.6 Å². The Bertz CT molecular complexity index is 1150. The van der Waals surface area contributed by atoms with Crippen LogP contribution in [0, 0.1) is 0 Å². The van der Waals surface area contributed by atoms with Crippen molar-refractivity contribution in [3.63, 3.8) is 0 Å². The number of cyclic esters (lactones) is 1. The second-order valence-electron chi connectivity index (χ2n) is 6.90. The number of methoxy groups -OCH3 is 3. The lowest BCUT2D eigenvalue weighted by atomic mass is 10.1. The summed E-state index contributed by atoms with van der Waals surface area (Å²) in [5.41, 5.74) is 1.90. The first-order valence-corrected chi connectivity index (χ1v) is 9.90. The van der Waals surface area contributed by atoms with E-state index in [1.54, 1.807) is 38.5 Å². The van der Waals surface area contributed by atoms with Gasteiger partial charge in [-0.05, 0) is 66.2 Å². The van der Waals surface area contributed by atoms with Crippen LogP contribution >= 0.6 is 0 Å². The maximum atomic E-state index is 12.4. The fraction of sp³-hybridized carbons (Fsp3) is 0.115. The van der Waals surface area contributed by atoms with Crippen LogP contribution in [0.25, 0.3) is 11.8 Å². The Kier molecular flexibility index (Phi) is 6.12. The highest BCUT2D eigenvalue weighted by atomic mass is 16.5. The summed E-state index contributed by atoms with van der Waals surface area (Å²) >= 11 is 0. The largest absolute Gasteiger partial charge is 0.493 e. The van der Waals surface area contributed by atoms with E-state index in [0.29, 0.717) is 34.3 Å². The molecule has 0 amide bonds. The average molecular weight is 430 g/mol. The van der Waals surface area contributed by atoms with Crippen LogP contribution in [0.4, 0.5) is 0 Å². The highest BCUT2D eigenvalue weighted by molar-refractivity contribution is 6.05. The number of hydrogen-bond acceptors (Lipinski definition) is 6. The topological polar surface area (TPSA) is 63.2 Å². The van der Waals surface area contributed by atoms with Crippen molar-refractivity contribution < 1.29 is 28.5 Å². The Labute approximate surface area is 186 Å². The summed E-state index contributed by atoms with van der Waals surface area (Å²) in [6, 6.07) is 20.4. The molecule has 0 bridgehead atoms. The van der Waals surface area contributed by atoms with E-state index < -0.39 is 5.97 Å². The smallest absolute Gasteiger partial charge is 0.343 e. The Hall–Kier alpha value is -4.19. The van der Waals surface area contributed by atoms with E-state index in [2.05, 4.69) is 0 Å². The molecule has 0 saturated carbocycles. The monoisotopic (exact) mass is 430 g/mol. The number of para-hydroxylation sites is 1. The van der Waals surface area contributed by atoms with Crippen molar-refractivity contribution in [2.45, 2.75) is 0 Å². The average Bonchev–Trinajstić information content (AvgIpc) is 3.19. The Balaban J connectivity index is 1.58. The fourth-order valence-corrected chi connectivity index (χ4v) is 3.31. The van der Waals surface area contributed by atoms with Gasteiger partial charge in [-0.15, -0.1) is 0 Å². The van der Waals surface area contributed by atoms with Gasteiger partial charge in [0.2, 0.25) is 5.75 Å². The van der Waals surface area contributed by atoms with Crippen LogP contribution in [-0.2, 0) is 9.53 Å². The summed E-state index contributed by atoms with van der Waals surface area (Å²) in [5.74, 6) is 2.98. The molecule has 0 N–H and O–H groups in total. The summed E-state index contributed by atoms with van der Waals surface area (Å²) in [6.45, 7) is 0. The van der Waals surface area contributed by atoms with Crippen LogP contribution in [0.5, 0.6) is 28.7 Å². The molecule has 3 aromatic rings. The van der Waals surface area contributed by atoms with E-state index in [0.717, 1.165) is 16.9 Å².